The standard InChI is InChI=1S/C16H24Cl2O/c1-2-3-4-5-6-7-8-11-19-16-10-9-15(18)12-14(16)13-17/h9-10,12H,2-8,11,13H2,1H3. The molecule has 108 valence electrons. The maximum Gasteiger partial charge on any atom is 0.123 e. The van der Waals surface area contributed by atoms with E-state index < -0.39 is 0 Å². The zero-order valence-corrected chi connectivity index (χ0v) is 13.3. The summed E-state index contributed by atoms with van der Waals surface area (Å²) in [5.74, 6) is 1.30. The van der Waals surface area contributed by atoms with Gasteiger partial charge in [-0.15, -0.1) is 11.6 Å². The van der Waals surface area contributed by atoms with Crippen molar-refractivity contribution in [1.82, 2.24) is 0 Å². The zero-order valence-electron chi connectivity index (χ0n) is 11.8. The predicted molar refractivity (Wildman–Crippen MR) is 84.5 cm³/mol. The van der Waals surface area contributed by atoms with E-state index in [0.29, 0.717) is 10.9 Å². The lowest BCUT2D eigenvalue weighted by Gasteiger charge is -2.10. The molecule has 19 heavy (non-hydrogen) atoms. The van der Waals surface area contributed by atoms with E-state index in [9.17, 15) is 0 Å². The van der Waals surface area contributed by atoms with Gasteiger partial charge < -0.3 is 4.74 Å². The van der Waals surface area contributed by atoms with E-state index in [-0.39, 0.29) is 0 Å². The van der Waals surface area contributed by atoms with Gasteiger partial charge in [-0.3, -0.25) is 0 Å². The van der Waals surface area contributed by atoms with Crippen molar-refractivity contribution in [2.75, 3.05) is 6.61 Å². The number of halogens is 2. The highest BCUT2D eigenvalue weighted by atomic mass is 35.5. The first-order valence-corrected chi connectivity index (χ1v) is 8.16. The molecule has 0 unspecified atom stereocenters. The van der Waals surface area contributed by atoms with E-state index in [1.54, 1.807) is 0 Å². The van der Waals surface area contributed by atoms with Gasteiger partial charge in [0.05, 0.1) is 12.5 Å². The van der Waals surface area contributed by atoms with Crippen LogP contribution in [0.15, 0.2) is 18.2 Å². The maximum atomic E-state index is 5.93. The number of hydrogen-bond acceptors (Lipinski definition) is 1. The molecule has 0 bridgehead atoms. The molecule has 0 spiro atoms. The van der Waals surface area contributed by atoms with Gasteiger partial charge in [-0.1, -0.05) is 57.0 Å². The molecule has 0 heterocycles. The Bertz CT molecular complexity index is 353. The van der Waals surface area contributed by atoms with E-state index in [1.807, 2.05) is 18.2 Å². The van der Waals surface area contributed by atoms with Crippen LogP contribution in [0.4, 0.5) is 0 Å². The number of ether oxygens (including phenoxy) is 1. The van der Waals surface area contributed by atoms with Crippen LogP contribution in [-0.4, -0.2) is 6.61 Å². The van der Waals surface area contributed by atoms with Crippen LogP contribution in [0.25, 0.3) is 0 Å². The molecule has 1 rings (SSSR count). The summed E-state index contributed by atoms with van der Waals surface area (Å²) in [4.78, 5) is 0. The minimum atomic E-state index is 0.437. The summed E-state index contributed by atoms with van der Waals surface area (Å²) in [7, 11) is 0. The van der Waals surface area contributed by atoms with Crippen molar-refractivity contribution >= 4 is 23.2 Å². The molecule has 0 atom stereocenters. The van der Waals surface area contributed by atoms with Gasteiger partial charge in [0, 0.05) is 10.6 Å². The second kappa shape index (κ2) is 10.4. The van der Waals surface area contributed by atoms with Gasteiger partial charge in [0.25, 0.3) is 0 Å². The number of rotatable bonds is 10. The van der Waals surface area contributed by atoms with Crippen LogP contribution in [-0.2, 0) is 5.88 Å². The summed E-state index contributed by atoms with van der Waals surface area (Å²) in [6, 6.07) is 5.62. The third kappa shape index (κ3) is 7.08. The van der Waals surface area contributed by atoms with E-state index in [0.717, 1.165) is 24.3 Å². The third-order valence-corrected chi connectivity index (χ3v) is 3.69. The topological polar surface area (TPSA) is 9.23 Å². The molecule has 0 aromatic heterocycles. The van der Waals surface area contributed by atoms with Crippen LogP contribution in [0.1, 0.15) is 57.4 Å². The smallest absolute Gasteiger partial charge is 0.123 e. The molecule has 3 heteroatoms. The molecule has 0 aliphatic carbocycles. The lowest BCUT2D eigenvalue weighted by atomic mass is 10.1. The Labute approximate surface area is 127 Å². The van der Waals surface area contributed by atoms with E-state index >= 15 is 0 Å². The summed E-state index contributed by atoms with van der Waals surface area (Å²) in [5, 5.41) is 0.707. The number of benzene rings is 1. The molecular weight excluding hydrogens is 279 g/mol. The van der Waals surface area contributed by atoms with Crippen LogP contribution in [0.5, 0.6) is 5.75 Å². The highest BCUT2D eigenvalue weighted by Gasteiger charge is 2.03. The summed E-state index contributed by atoms with van der Waals surface area (Å²) in [5.41, 5.74) is 0.970. The predicted octanol–water partition coefficient (Wildman–Crippen LogP) is 6.21. The molecule has 0 fully saturated rings. The van der Waals surface area contributed by atoms with Crippen LogP contribution in [0, 0.1) is 0 Å². The van der Waals surface area contributed by atoms with Gasteiger partial charge in [-0.25, -0.2) is 0 Å². The molecule has 0 radical (unpaired) electrons. The third-order valence-electron chi connectivity index (χ3n) is 3.17. The number of hydrogen-bond donors (Lipinski definition) is 0. The molecule has 0 saturated carbocycles. The number of alkyl halides is 1. The van der Waals surface area contributed by atoms with Gasteiger partial charge in [0.15, 0.2) is 0 Å². The van der Waals surface area contributed by atoms with Crippen molar-refractivity contribution in [1.29, 1.82) is 0 Å². The Kier molecular flexibility index (Phi) is 9.11. The van der Waals surface area contributed by atoms with Gasteiger partial charge in [-0.2, -0.15) is 0 Å². The fraction of sp³-hybridized carbons (Fsp3) is 0.625. The highest BCUT2D eigenvalue weighted by molar-refractivity contribution is 6.30. The molecule has 0 amide bonds. The Morgan fingerprint density at radius 1 is 1.00 bits per heavy atom. The van der Waals surface area contributed by atoms with Crippen molar-refractivity contribution in [3.05, 3.63) is 28.8 Å². The monoisotopic (exact) mass is 302 g/mol. The Morgan fingerprint density at radius 3 is 2.37 bits per heavy atom. The van der Waals surface area contributed by atoms with Crippen LogP contribution in [0.3, 0.4) is 0 Å². The van der Waals surface area contributed by atoms with Gasteiger partial charge in [0.1, 0.15) is 5.75 Å². The highest BCUT2D eigenvalue weighted by Crippen LogP contribution is 2.24. The average Bonchev–Trinajstić information content (AvgIpc) is 2.43. The van der Waals surface area contributed by atoms with Gasteiger partial charge in [0.2, 0.25) is 0 Å². The maximum absolute atomic E-state index is 5.93. The lowest BCUT2D eigenvalue weighted by molar-refractivity contribution is 0.302. The first-order chi connectivity index (χ1) is 9.27. The molecule has 0 aliphatic rings. The fourth-order valence-electron chi connectivity index (χ4n) is 2.03. The molecule has 1 aromatic rings. The quantitative estimate of drug-likeness (QED) is 0.369. The van der Waals surface area contributed by atoms with E-state index in [2.05, 4.69) is 6.92 Å². The van der Waals surface area contributed by atoms with Crippen molar-refractivity contribution < 1.29 is 4.74 Å². The SMILES string of the molecule is CCCCCCCCCOc1ccc(Cl)cc1CCl. The van der Waals surface area contributed by atoms with Gasteiger partial charge in [-0.05, 0) is 24.6 Å². The summed E-state index contributed by atoms with van der Waals surface area (Å²) < 4.78 is 5.77. The van der Waals surface area contributed by atoms with Crippen molar-refractivity contribution in [2.24, 2.45) is 0 Å². The van der Waals surface area contributed by atoms with Gasteiger partial charge >= 0.3 is 0 Å². The first-order valence-electron chi connectivity index (χ1n) is 7.25. The average molecular weight is 303 g/mol. The molecular formula is C16H24Cl2O. The zero-order chi connectivity index (χ0) is 13.9. The fourth-order valence-corrected chi connectivity index (χ4v) is 2.44. The lowest BCUT2D eigenvalue weighted by Crippen LogP contribution is -1.99. The van der Waals surface area contributed by atoms with Crippen LogP contribution < -0.4 is 4.74 Å². The molecule has 0 aliphatic heterocycles. The Balaban J connectivity index is 2.15. The first kappa shape index (κ1) is 16.7. The molecule has 1 nitrogen and oxygen atoms in total. The van der Waals surface area contributed by atoms with Crippen molar-refractivity contribution in [2.45, 2.75) is 57.7 Å². The Hall–Kier alpha value is -0.400. The van der Waals surface area contributed by atoms with E-state index in [1.165, 1.54) is 38.5 Å². The normalized spacial score (nSPS) is 10.7. The van der Waals surface area contributed by atoms with E-state index in [4.69, 9.17) is 27.9 Å². The summed E-state index contributed by atoms with van der Waals surface area (Å²) >= 11 is 11.8. The van der Waals surface area contributed by atoms with Crippen LogP contribution >= 0.6 is 23.2 Å². The summed E-state index contributed by atoms with van der Waals surface area (Å²) in [6.07, 6.45) is 9.05. The second-order valence-electron chi connectivity index (χ2n) is 4.86. The van der Waals surface area contributed by atoms with Crippen molar-refractivity contribution in [3.63, 3.8) is 0 Å². The van der Waals surface area contributed by atoms with Crippen molar-refractivity contribution in [3.8, 4) is 5.75 Å². The number of unbranched alkanes of at least 4 members (excludes halogenated alkanes) is 6. The molecule has 1 aromatic carbocycles. The minimum absolute atomic E-state index is 0.437. The molecule has 0 N–H and O–H groups in total. The molecule has 0 saturated heterocycles. The summed E-state index contributed by atoms with van der Waals surface area (Å²) in [6.45, 7) is 3.01. The minimum Gasteiger partial charge on any atom is -0.493 e. The van der Waals surface area contributed by atoms with Crippen LogP contribution in [0.2, 0.25) is 5.02 Å². The largest absolute Gasteiger partial charge is 0.493 e. The second-order valence-corrected chi connectivity index (χ2v) is 5.56. The Morgan fingerprint density at radius 2 is 1.68 bits per heavy atom.